The van der Waals surface area contributed by atoms with Gasteiger partial charge in [0.15, 0.2) is 0 Å². The standard InChI is InChI=1S/C13H14N2O2S/c1-8-14-11-6-9(13(16)17)2-3-12(11)15(8)10-4-5-18-7-10/h2-3,6,10H,4-5,7H2,1H3,(H,16,17). The van der Waals surface area contributed by atoms with Gasteiger partial charge in [0, 0.05) is 11.8 Å². The number of aromatic nitrogens is 2. The minimum absolute atomic E-state index is 0.299. The maximum atomic E-state index is 11.0. The largest absolute Gasteiger partial charge is 0.478 e. The molecule has 0 aliphatic carbocycles. The van der Waals surface area contributed by atoms with Gasteiger partial charge in [-0.15, -0.1) is 0 Å². The van der Waals surface area contributed by atoms with Crippen LogP contribution in [0.25, 0.3) is 11.0 Å². The highest BCUT2D eigenvalue weighted by Gasteiger charge is 2.21. The van der Waals surface area contributed by atoms with Crippen molar-refractivity contribution in [1.29, 1.82) is 0 Å². The second kappa shape index (κ2) is 4.31. The van der Waals surface area contributed by atoms with Crippen LogP contribution in [-0.2, 0) is 0 Å². The van der Waals surface area contributed by atoms with Gasteiger partial charge in [-0.3, -0.25) is 0 Å². The molecule has 1 atom stereocenters. The number of rotatable bonds is 2. The number of thioether (sulfide) groups is 1. The molecule has 1 saturated heterocycles. The number of nitrogens with zero attached hydrogens (tertiary/aromatic N) is 2. The first-order valence-electron chi connectivity index (χ1n) is 5.96. The van der Waals surface area contributed by atoms with Crippen molar-refractivity contribution in [3.05, 3.63) is 29.6 Å². The zero-order valence-electron chi connectivity index (χ0n) is 10.1. The Hall–Kier alpha value is -1.49. The summed E-state index contributed by atoms with van der Waals surface area (Å²) in [5.74, 6) is 2.38. The average Bonchev–Trinajstić information content (AvgIpc) is 2.93. The Balaban J connectivity index is 2.14. The Morgan fingerprint density at radius 2 is 2.39 bits per heavy atom. The maximum Gasteiger partial charge on any atom is 0.335 e. The summed E-state index contributed by atoms with van der Waals surface area (Å²) in [6.45, 7) is 1.99. The van der Waals surface area contributed by atoms with E-state index in [1.165, 1.54) is 5.75 Å². The molecule has 2 heterocycles. The van der Waals surface area contributed by atoms with E-state index in [9.17, 15) is 4.79 Å². The minimum atomic E-state index is -0.902. The van der Waals surface area contributed by atoms with Crippen molar-refractivity contribution in [3.8, 4) is 0 Å². The van der Waals surface area contributed by atoms with Gasteiger partial charge in [0.1, 0.15) is 5.82 Å². The monoisotopic (exact) mass is 262 g/mol. The summed E-state index contributed by atoms with van der Waals surface area (Å²) < 4.78 is 2.25. The van der Waals surface area contributed by atoms with E-state index in [2.05, 4.69) is 9.55 Å². The molecule has 1 unspecified atom stereocenters. The normalized spacial score (nSPS) is 19.5. The summed E-state index contributed by atoms with van der Waals surface area (Å²) in [4.78, 5) is 15.4. The zero-order valence-corrected chi connectivity index (χ0v) is 10.9. The van der Waals surface area contributed by atoms with Gasteiger partial charge < -0.3 is 9.67 Å². The Bertz CT molecular complexity index is 615. The molecule has 5 heteroatoms. The number of carboxylic acids is 1. The fourth-order valence-electron chi connectivity index (χ4n) is 2.54. The highest BCUT2D eigenvalue weighted by Crippen LogP contribution is 2.32. The fourth-order valence-corrected chi connectivity index (χ4v) is 3.73. The molecule has 1 aromatic carbocycles. The second-order valence-electron chi connectivity index (χ2n) is 4.56. The SMILES string of the molecule is Cc1nc2cc(C(=O)O)ccc2n1C1CCSC1. The third kappa shape index (κ3) is 1.79. The summed E-state index contributed by atoms with van der Waals surface area (Å²) >= 11 is 1.96. The summed E-state index contributed by atoms with van der Waals surface area (Å²) in [7, 11) is 0. The molecule has 1 aliphatic rings. The number of benzene rings is 1. The van der Waals surface area contributed by atoms with E-state index in [1.807, 2.05) is 24.8 Å². The number of fused-ring (bicyclic) bond motifs is 1. The van der Waals surface area contributed by atoms with E-state index >= 15 is 0 Å². The van der Waals surface area contributed by atoms with Crippen LogP contribution in [0, 0.1) is 6.92 Å². The first-order valence-corrected chi connectivity index (χ1v) is 7.12. The van der Waals surface area contributed by atoms with Crippen molar-refractivity contribution in [2.24, 2.45) is 0 Å². The summed E-state index contributed by atoms with van der Waals surface area (Å²) in [5, 5.41) is 8.99. The maximum absolute atomic E-state index is 11.0. The van der Waals surface area contributed by atoms with Crippen LogP contribution in [0.1, 0.15) is 28.6 Å². The fraction of sp³-hybridized carbons (Fsp3) is 0.385. The average molecular weight is 262 g/mol. The molecular weight excluding hydrogens is 248 g/mol. The topological polar surface area (TPSA) is 55.1 Å². The van der Waals surface area contributed by atoms with Gasteiger partial charge in [-0.05, 0) is 37.3 Å². The molecule has 0 radical (unpaired) electrons. The number of carboxylic acid groups (broad SMARTS) is 1. The lowest BCUT2D eigenvalue weighted by Gasteiger charge is -2.13. The Kier molecular flexibility index (Phi) is 2.78. The van der Waals surface area contributed by atoms with Gasteiger partial charge >= 0.3 is 5.97 Å². The van der Waals surface area contributed by atoms with Gasteiger partial charge in [0.2, 0.25) is 0 Å². The first kappa shape index (κ1) is 11.6. The quantitative estimate of drug-likeness (QED) is 0.904. The lowest BCUT2D eigenvalue weighted by Crippen LogP contribution is -2.09. The van der Waals surface area contributed by atoms with Crippen LogP contribution in [0.3, 0.4) is 0 Å². The molecule has 3 rings (SSSR count). The number of imidazole rings is 1. The molecule has 0 spiro atoms. The van der Waals surface area contributed by atoms with E-state index in [1.54, 1.807) is 12.1 Å². The van der Waals surface area contributed by atoms with Gasteiger partial charge in [0.25, 0.3) is 0 Å². The second-order valence-corrected chi connectivity index (χ2v) is 5.70. The lowest BCUT2D eigenvalue weighted by molar-refractivity contribution is 0.0697. The van der Waals surface area contributed by atoms with Crippen LogP contribution in [-0.4, -0.2) is 32.1 Å². The van der Waals surface area contributed by atoms with Gasteiger partial charge in [0.05, 0.1) is 16.6 Å². The highest BCUT2D eigenvalue weighted by atomic mass is 32.2. The third-order valence-electron chi connectivity index (χ3n) is 3.38. The van der Waals surface area contributed by atoms with E-state index in [0.29, 0.717) is 11.6 Å². The number of aromatic carboxylic acids is 1. The van der Waals surface area contributed by atoms with Crippen LogP contribution in [0.15, 0.2) is 18.2 Å². The summed E-state index contributed by atoms with van der Waals surface area (Å²) in [6, 6.07) is 5.69. The molecule has 0 bridgehead atoms. The lowest BCUT2D eigenvalue weighted by atomic mass is 10.2. The van der Waals surface area contributed by atoms with Crippen molar-refractivity contribution >= 4 is 28.8 Å². The van der Waals surface area contributed by atoms with Crippen molar-refractivity contribution in [3.63, 3.8) is 0 Å². The van der Waals surface area contributed by atoms with E-state index in [4.69, 9.17) is 5.11 Å². The van der Waals surface area contributed by atoms with Crippen molar-refractivity contribution in [2.45, 2.75) is 19.4 Å². The number of carbonyl (C=O) groups is 1. The van der Waals surface area contributed by atoms with Crippen molar-refractivity contribution < 1.29 is 9.90 Å². The van der Waals surface area contributed by atoms with Crippen LogP contribution in [0.4, 0.5) is 0 Å². The number of aryl methyl sites for hydroxylation is 1. The molecule has 2 aromatic rings. The molecule has 94 valence electrons. The van der Waals surface area contributed by atoms with Crippen LogP contribution in [0.5, 0.6) is 0 Å². The zero-order chi connectivity index (χ0) is 12.7. The third-order valence-corrected chi connectivity index (χ3v) is 4.53. The molecular formula is C13H14N2O2S. The van der Waals surface area contributed by atoms with Gasteiger partial charge in [-0.2, -0.15) is 11.8 Å². The molecule has 0 saturated carbocycles. The van der Waals surface area contributed by atoms with Crippen LogP contribution < -0.4 is 0 Å². The van der Waals surface area contributed by atoms with Crippen molar-refractivity contribution in [2.75, 3.05) is 11.5 Å². The molecule has 0 amide bonds. The molecule has 4 nitrogen and oxygen atoms in total. The summed E-state index contributed by atoms with van der Waals surface area (Å²) in [5.41, 5.74) is 2.13. The predicted octanol–water partition coefficient (Wildman–Crippen LogP) is 2.72. The summed E-state index contributed by atoms with van der Waals surface area (Å²) in [6.07, 6.45) is 1.16. The molecule has 1 N–H and O–H groups in total. The Morgan fingerprint density at radius 1 is 1.56 bits per heavy atom. The number of hydrogen-bond acceptors (Lipinski definition) is 3. The minimum Gasteiger partial charge on any atom is -0.478 e. The molecule has 1 aromatic heterocycles. The number of hydrogen-bond donors (Lipinski definition) is 1. The highest BCUT2D eigenvalue weighted by molar-refractivity contribution is 7.99. The molecule has 1 aliphatic heterocycles. The van der Waals surface area contributed by atoms with Crippen molar-refractivity contribution in [1.82, 2.24) is 9.55 Å². The van der Waals surface area contributed by atoms with E-state index in [0.717, 1.165) is 29.0 Å². The predicted molar refractivity (Wildman–Crippen MR) is 72.4 cm³/mol. The van der Waals surface area contributed by atoms with Gasteiger partial charge in [-0.1, -0.05) is 0 Å². The van der Waals surface area contributed by atoms with E-state index < -0.39 is 5.97 Å². The molecule has 1 fully saturated rings. The smallest absolute Gasteiger partial charge is 0.335 e. The Labute approximate surface area is 109 Å². The molecule has 18 heavy (non-hydrogen) atoms. The van der Waals surface area contributed by atoms with Gasteiger partial charge in [-0.25, -0.2) is 9.78 Å². The van der Waals surface area contributed by atoms with Crippen LogP contribution in [0.2, 0.25) is 0 Å². The Morgan fingerprint density at radius 3 is 3.06 bits per heavy atom. The first-order chi connectivity index (χ1) is 8.66. The van der Waals surface area contributed by atoms with E-state index in [-0.39, 0.29) is 0 Å². The van der Waals surface area contributed by atoms with Crippen LogP contribution >= 0.6 is 11.8 Å².